The zero-order chi connectivity index (χ0) is 13.0. The zero-order valence-corrected chi connectivity index (χ0v) is 11.8. The highest BCUT2D eigenvalue weighted by atomic mass is 32.1. The smallest absolute Gasteiger partial charge is 0.103 e. The third kappa shape index (κ3) is 3.38. The van der Waals surface area contributed by atoms with E-state index in [4.69, 9.17) is 22.7 Å². The molecule has 0 fully saturated rings. The molecule has 0 saturated carbocycles. The van der Waals surface area contributed by atoms with E-state index in [-0.39, 0.29) is 0 Å². The van der Waals surface area contributed by atoms with Crippen LogP contribution in [-0.4, -0.2) is 4.99 Å². The van der Waals surface area contributed by atoms with Crippen molar-refractivity contribution in [3.8, 4) is 0 Å². The molecule has 2 rings (SSSR count). The van der Waals surface area contributed by atoms with Crippen LogP contribution in [0.15, 0.2) is 35.7 Å². The number of benzene rings is 1. The molecular weight excluding hydrogens is 262 g/mol. The van der Waals surface area contributed by atoms with E-state index in [0.717, 1.165) is 11.1 Å². The Morgan fingerprint density at radius 2 is 2.17 bits per heavy atom. The number of thiocarbonyl (C=S) groups is 1. The van der Waals surface area contributed by atoms with Crippen LogP contribution >= 0.6 is 23.6 Å². The first-order chi connectivity index (χ1) is 8.66. The summed E-state index contributed by atoms with van der Waals surface area (Å²) in [4.78, 5) is 1.68. The van der Waals surface area contributed by atoms with Gasteiger partial charge in [-0.05, 0) is 35.6 Å². The molecule has 1 aromatic carbocycles. The highest BCUT2D eigenvalue weighted by Crippen LogP contribution is 2.15. The molecule has 2 nitrogen and oxygen atoms in total. The fourth-order valence-electron chi connectivity index (χ4n) is 1.67. The summed E-state index contributed by atoms with van der Waals surface area (Å²) in [6.45, 7) is 3.32. The summed E-state index contributed by atoms with van der Waals surface area (Å²) in [5.41, 5.74) is 8.84. The van der Waals surface area contributed by atoms with E-state index in [9.17, 15) is 0 Å². The van der Waals surface area contributed by atoms with Crippen LogP contribution in [-0.2, 0) is 18.0 Å². The lowest BCUT2D eigenvalue weighted by molar-refractivity contribution is 0.109. The van der Waals surface area contributed by atoms with Gasteiger partial charge in [-0.25, -0.2) is 0 Å². The van der Waals surface area contributed by atoms with Gasteiger partial charge in [0.1, 0.15) is 4.99 Å². The van der Waals surface area contributed by atoms with E-state index < -0.39 is 0 Å². The molecule has 0 amide bonds. The molecule has 0 aliphatic heterocycles. The van der Waals surface area contributed by atoms with Gasteiger partial charge in [0.2, 0.25) is 0 Å². The summed E-state index contributed by atoms with van der Waals surface area (Å²) in [6, 6.07) is 10.1. The maximum absolute atomic E-state index is 5.69. The van der Waals surface area contributed by atoms with Crippen molar-refractivity contribution in [1.29, 1.82) is 0 Å². The van der Waals surface area contributed by atoms with Gasteiger partial charge in [0.05, 0.1) is 13.2 Å². The van der Waals surface area contributed by atoms with Crippen LogP contribution in [0.3, 0.4) is 0 Å². The highest BCUT2D eigenvalue weighted by Gasteiger charge is 2.03. The van der Waals surface area contributed by atoms with Crippen molar-refractivity contribution >= 4 is 28.5 Å². The van der Waals surface area contributed by atoms with Crippen LogP contribution in [0.1, 0.15) is 21.6 Å². The average Bonchev–Trinajstić information content (AvgIpc) is 2.84. The summed E-state index contributed by atoms with van der Waals surface area (Å²) in [5, 5.41) is 2.06. The summed E-state index contributed by atoms with van der Waals surface area (Å²) in [5.74, 6) is 0. The third-order valence-electron chi connectivity index (χ3n) is 2.71. The molecule has 0 atom stereocenters. The van der Waals surface area contributed by atoms with E-state index in [1.165, 1.54) is 10.4 Å². The number of rotatable bonds is 5. The fraction of sp³-hybridized carbons (Fsp3) is 0.214. The second-order valence-electron chi connectivity index (χ2n) is 4.08. The van der Waals surface area contributed by atoms with Crippen LogP contribution in [0.4, 0.5) is 0 Å². The molecular formula is C14H15NOS2. The minimum atomic E-state index is 0.434. The van der Waals surface area contributed by atoms with E-state index >= 15 is 0 Å². The van der Waals surface area contributed by atoms with E-state index in [2.05, 4.69) is 11.4 Å². The van der Waals surface area contributed by atoms with Crippen molar-refractivity contribution in [2.24, 2.45) is 5.73 Å². The summed E-state index contributed by atoms with van der Waals surface area (Å²) in [7, 11) is 0. The van der Waals surface area contributed by atoms with Gasteiger partial charge in [-0.15, -0.1) is 11.3 Å². The lowest BCUT2D eigenvalue weighted by Crippen LogP contribution is -2.10. The first-order valence-electron chi connectivity index (χ1n) is 5.66. The predicted molar refractivity (Wildman–Crippen MR) is 79.9 cm³/mol. The Balaban J connectivity index is 1.95. The number of hydrogen-bond acceptors (Lipinski definition) is 3. The molecule has 0 spiro atoms. The average molecular weight is 277 g/mol. The molecule has 0 saturated heterocycles. The second kappa shape index (κ2) is 6.09. The maximum Gasteiger partial charge on any atom is 0.103 e. The van der Waals surface area contributed by atoms with E-state index in [0.29, 0.717) is 18.2 Å². The molecule has 4 heteroatoms. The molecule has 0 aliphatic rings. The van der Waals surface area contributed by atoms with Crippen molar-refractivity contribution in [3.05, 3.63) is 57.3 Å². The van der Waals surface area contributed by atoms with Crippen molar-refractivity contribution in [3.63, 3.8) is 0 Å². The quantitative estimate of drug-likeness (QED) is 0.851. The Morgan fingerprint density at radius 1 is 1.33 bits per heavy atom. The monoisotopic (exact) mass is 277 g/mol. The minimum Gasteiger partial charge on any atom is -0.389 e. The molecule has 1 heterocycles. The van der Waals surface area contributed by atoms with Gasteiger partial charge in [0, 0.05) is 10.4 Å². The summed E-state index contributed by atoms with van der Waals surface area (Å²) in [6.07, 6.45) is 0. The first-order valence-corrected chi connectivity index (χ1v) is 6.95. The fourth-order valence-corrected chi connectivity index (χ4v) is 2.43. The van der Waals surface area contributed by atoms with Crippen LogP contribution in [0.5, 0.6) is 0 Å². The third-order valence-corrected chi connectivity index (χ3v) is 3.79. The van der Waals surface area contributed by atoms with Gasteiger partial charge < -0.3 is 10.5 Å². The molecule has 1 aromatic heterocycles. The van der Waals surface area contributed by atoms with Crippen molar-refractivity contribution in [1.82, 2.24) is 0 Å². The van der Waals surface area contributed by atoms with Gasteiger partial charge in [0.25, 0.3) is 0 Å². The second-order valence-corrected chi connectivity index (χ2v) is 5.55. The van der Waals surface area contributed by atoms with E-state index in [1.807, 2.05) is 31.2 Å². The number of ether oxygens (including phenoxy) is 1. The predicted octanol–water partition coefficient (Wildman–Crippen LogP) is 3.41. The van der Waals surface area contributed by atoms with Crippen LogP contribution in [0, 0.1) is 6.92 Å². The van der Waals surface area contributed by atoms with Gasteiger partial charge in [-0.1, -0.05) is 30.4 Å². The van der Waals surface area contributed by atoms with Crippen LogP contribution in [0.2, 0.25) is 0 Å². The van der Waals surface area contributed by atoms with Gasteiger partial charge >= 0.3 is 0 Å². The Morgan fingerprint density at radius 3 is 2.78 bits per heavy atom. The zero-order valence-electron chi connectivity index (χ0n) is 10.2. The van der Waals surface area contributed by atoms with E-state index in [1.54, 1.807) is 11.3 Å². The number of nitrogens with two attached hydrogens (primary N) is 1. The van der Waals surface area contributed by atoms with Crippen molar-refractivity contribution in [2.75, 3.05) is 0 Å². The standard InChI is InChI=1S/C14H15NOS2/c1-10-7-11(14(15)17)4-5-12(10)8-16-9-13-3-2-6-18-13/h2-7H,8-9H2,1H3,(H2,15,17). The molecule has 2 N–H and O–H groups in total. The minimum absolute atomic E-state index is 0.434. The number of aryl methyl sites for hydroxylation is 1. The summed E-state index contributed by atoms with van der Waals surface area (Å²) < 4.78 is 5.69. The Hall–Kier alpha value is -1.23. The number of thiophene rings is 1. The highest BCUT2D eigenvalue weighted by molar-refractivity contribution is 7.80. The van der Waals surface area contributed by atoms with Gasteiger partial charge in [0.15, 0.2) is 0 Å². The molecule has 0 bridgehead atoms. The molecule has 18 heavy (non-hydrogen) atoms. The van der Waals surface area contributed by atoms with Crippen molar-refractivity contribution in [2.45, 2.75) is 20.1 Å². The Kier molecular flexibility index (Phi) is 4.47. The Labute approximate surface area is 116 Å². The molecule has 2 aromatic rings. The normalized spacial score (nSPS) is 10.5. The number of hydrogen-bond donors (Lipinski definition) is 1. The molecule has 94 valence electrons. The van der Waals surface area contributed by atoms with Crippen LogP contribution < -0.4 is 5.73 Å². The maximum atomic E-state index is 5.69. The topological polar surface area (TPSA) is 35.2 Å². The van der Waals surface area contributed by atoms with Crippen LogP contribution in [0.25, 0.3) is 0 Å². The van der Waals surface area contributed by atoms with Crippen molar-refractivity contribution < 1.29 is 4.74 Å². The molecule has 0 aliphatic carbocycles. The first kappa shape index (κ1) is 13.2. The van der Waals surface area contributed by atoms with Gasteiger partial charge in [-0.2, -0.15) is 0 Å². The lowest BCUT2D eigenvalue weighted by Gasteiger charge is -2.08. The van der Waals surface area contributed by atoms with Gasteiger partial charge in [-0.3, -0.25) is 0 Å². The summed E-state index contributed by atoms with van der Waals surface area (Å²) >= 11 is 6.66. The molecule has 0 unspecified atom stereocenters. The largest absolute Gasteiger partial charge is 0.389 e. The Bertz CT molecular complexity index is 535. The molecule has 0 radical (unpaired) electrons. The lowest BCUT2D eigenvalue weighted by atomic mass is 10.1. The SMILES string of the molecule is Cc1cc(C(N)=S)ccc1COCc1cccs1.